The highest BCUT2D eigenvalue weighted by Crippen LogP contribution is 2.34. The predicted octanol–water partition coefficient (Wildman–Crippen LogP) is 3.24. The molecule has 0 amide bonds. The molecule has 0 aliphatic heterocycles. The van der Waals surface area contributed by atoms with Gasteiger partial charge >= 0.3 is 11.9 Å². The van der Waals surface area contributed by atoms with Crippen LogP contribution in [0.5, 0.6) is 0 Å². The van der Waals surface area contributed by atoms with Crippen molar-refractivity contribution in [2.75, 3.05) is 7.11 Å². The average molecular weight is 295 g/mol. The van der Waals surface area contributed by atoms with Gasteiger partial charge in [0.15, 0.2) is 0 Å². The fraction of sp³-hybridized carbons (Fsp3) is 0.688. The summed E-state index contributed by atoms with van der Waals surface area (Å²) in [6, 6.07) is 0. The van der Waals surface area contributed by atoms with Gasteiger partial charge in [-0.1, -0.05) is 36.9 Å². The normalized spacial score (nSPS) is 23.6. The highest BCUT2D eigenvalue weighted by Gasteiger charge is 2.34. The van der Waals surface area contributed by atoms with Crippen LogP contribution in [-0.2, 0) is 19.2 Å². The largest absolute Gasteiger partial charge is 0.469 e. The summed E-state index contributed by atoms with van der Waals surface area (Å²) < 4.78 is 4.93. The molecule has 2 atom stereocenters. The van der Waals surface area contributed by atoms with E-state index < -0.39 is 5.97 Å². The Morgan fingerprint density at radius 2 is 2.10 bits per heavy atom. The molecular weight excluding hydrogens is 270 g/mol. The van der Waals surface area contributed by atoms with Crippen molar-refractivity contribution in [1.29, 1.82) is 0 Å². The van der Waals surface area contributed by atoms with Gasteiger partial charge in [-0.2, -0.15) is 0 Å². The Morgan fingerprint density at radius 1 is 1.38 bits per heavy atom. The highest BCUT2D eigenvalue weighted by atomic mass is 16.7. The molecule has 0 saturated heterocycles. The van der Waals surface area contributed by atoms with E-state index in [1.165, 1.54) is 14.0 Å². The van der Waals surface area contributed by atoms with Crippen LogP contribution in [0.1, 0.15) is 52.9 Å². The first-order chi connectivity index (χ1) is 9.99. The molecule has 0 unspecified atom stereocenters. The molecule has 1 rings (SSSR count). The second-order valence-corrected chi connectivity index (χ2v) is 5.51. The summed E-state index contributed by atoms with van der Waals surface area (Å²) in [7, 11) is 1.42. The Hall–Kier alpha value is -1.65. The maximum absolute atomic E-state index is 12.0. The van der Waals surface area contributed by atoms with E-state index in [-0.39, 0.29) is 17.8 Å². The van der Waals surface area contributed by atoms with Crippen LogP contribution >= 0.6 is 0 Å². The van der Waals surface area contributed by atoms with Crippen LogP contribution < -0.4 is 0 Å². The number of ether oxygens (including phenoxy) is 1. The second-order valence-electron chi connectivity index (χ2n) is 5.51. The molecule has 118 valence electrons. The number of hydrogen-bond acceptors (Lipinski definition) is 5. The Labute approximate surface area is 126 Å². The highest BCUT2D eigenvalue weighted by molar-refractivity contribution is 5.98. The molecule has 5 nitrogen and oxygen atoms in total. The van der Waals surface area contributed by atoms with Crippen molar-refractivity contribution >= 4 is 17.7 Å². The lowest BCUT2D eigenvalue weighted by Crippen LogP contribution is -2.31. The molecule has 0 saturated carbocycles. The molecule has 21 heavy (non-hydrogen) atoms. The molecule has 0 fully saturated rings. The standard InChI is InChI=1S/C16H25NO4/c1-5-6-7-8-13-10-14(17-21-12(3)18)9-11(2)15(13)16(19)20-4/h9,13,15H,5-8,10H2,1-4H3/b17-14-/t13-,15-/m0/s1. The SMILES string of the molecule is CCCCC[C@H]1C/C(=N\OC(C)=O)C=C(C)[C@@H]1C(=O)OC. The molecule has 0 aromatic rings. The van der Waals surface area contributed by atoms with Crippen molar-refractivity contribution in [3.8, 4) is 0 Å². The Morgan fingerprint density at radius 3 is 2.67 bits per heavy atom. The minimum Gasteiger partial charge on any atom is -0.469 e. The first kappa shape index (κ1) is 17.4. The van der Waals surface area contributed by atoms with Gasteiger partial charge in [-0.05, 0) is 31.8 Å². The van der Waals surface area contributed by atoms with Gasteiger partial charge in [-0.25, -0.2) is 4.79 Å². The average Bonchev–Trinajstić information content (AvgIpc) is 2.44. The van der Waals surface area contributed by atoms with E-state index in [4.69, 9.17) is 9.57 Å². The van der Waals surface area contributed by atoms with E-state index in [1.54, 1.807) is 0 Å². The van der Waals surface area contributed by atoms with Crippen LogP contribution in [-0.4, -0.2) is 24.8 Å². The van der Waals surface area contributed by atoms with Crippen LogP contribution in [0.4, 0.5) is 0 Å². The summed E-state index contributed by atoms with van der Waals surface area (Å²) in [5.74, 6) is -0.700. The van der Waals surface area contributed by atoms with Crippen LogP contribution in [0, 0.1) is 11.8 Å². The molecule has 5 heteroatoms. The van der Waals surface area contributed by atoms with Gasteiger partial charge in [0.2, 0.25) is 0 Å². The van der Waals surface area contributed by atoms with Crippen LogP contribution in [0.15, 0.2) is 16.8 Å². The van der Waals surface area contributed by atoms with E-state index in [9.17, 15) is 9.59 Å². The maximum atomic E-state index is 12.0. The Balaban J connectivity index is 2.89. The van der Waals surface area contributed by atoms with Gasteiger partial charge in [-0.3, -0.25) is 4.79 Å². The van der Waals surface area contributed by atoms with Gasteiger partial charge in [0.25, 0.3) is 0 Å². The fourth-order valence-electron chi connectivity index (χ4n) is 2.79. The number of unbranched alkanes of at least 4 members (excludes halogenated alkanes) is 2. The lowest BCUT2D eigenvalue weighted by atomic mass is 9.75. The van der Waals surface area contributed by atoms with Crippen LogP contribution in [0.3, 0.4) is 0 Å². The van der Waals surface area contributed by atoms with Crippen molar-refractivity contribution < 1.29 is 19.2 Å². The van der Waals surface area contributed by atoms with E-state index in [1.807, 2.05) is 13.0 Å². The topological polar surface area (TPSA) is 65.0 Å². The van der Waals surface area contributed by atoms with E-state index in [0.29, 0.717) is 12.1 Å². The van der Waals surface area contributed by atoms with Crippen molar-refractivity contribution in [2.24, 2.45) is 17.0 Å². The molecule has 0 spiro atoms. The zero-order valence-corrected chi connectivity index (χ0v) is 13.3. The summed E-state index contributed by atoms with van der Waals surface area (Å²) in [4.78, 5) is 27.6. The Kier molecular flexibility index (Phi) is 7.12. The summed E-state index contributed by atoms with van der Waals surface area (Å²) in [5, 5.41) is 3.87. The monoisotopic (exact) mass is 295 g/mol. The van der Waals surface area contributed by atoms with Crippen LogP contribution in [0.2, 0.25) is 0 Å². The summed E-state index contributed by atoms with van der Waals surface area (Å²) in [6.45, 7) is 5.37. The number of nitrogens with zero attached hydrogens (tertiary/aromatic N) is 1. The number of rotatable bonds is 6. The molecule has 1 aliphatic rings. The molecule has 0 aromatic heterocycles. The summed E-state index contributed by atoms with van der Waals surface area (Å²) in [6.07, 6.45) is 6.75. The third kappa shape index (κ3) is 5.33. The fourth-order valence-corrected chi connectivity index (χ4v) is 2.79. The number of carbonyl (C=O) groups is 2. The van der Waals surface area contributed by atoms with Gasteiger partial charge in [0, 0.05) is 6.92 Å². The lowest BCUT2D eigenvalue weighted by molar-refractivity contribution is -0.146. The number of allylic oxidation sites excluding steroid dienone is 1. The van der Waals surface area contributed by atoms with Gasteiger partial charge in [-0.15, -0.1) is 0 Å². The number of hydrogen-bond donors (Lipinski definition) is 0. The lowest BCUT2D eigenvalue weighted by Gasteiger charge is -2.29. The summed E-state index contributed by atoms with van der Waals surface area (Å²) in [5.41, 5.74) is 1.63. The van der Waals surface area contributed by atoms with Crippen molar-refractivity contribution in [3.05, 3.63) is 11.6 Å². The van der Waals surface area contributed by atoms with Crippen molar-refractivity contribution in [1.82, 2.24) is 0 Å². The maximum Gasteiger partial charge on any atom is 0.331 e. The third-order valence-electron chi connectivity index (χ3n) is 3.75. The van der Waals surface area contributed by atoms with E-state index in [0.717, 1.165) is 31.3 Å². The molecular formula is C16H25NO4. The van der Waals surface area contributed by atoms with E-state index >= 15 is 0 Å². The number of methoxy groups -OCH3 is 1. The summed E-state index contributed by atoms with van der Waals surface area (Å²) >= 11 is 0. The third-order valence-corrected chi connectivity index (χ3v) is 3.75. The smallest absolute Gasteiger partial charge is 0.331 e. The van der Waals surface area contributed by atoms with Crippen molar-refractivity contribution in [2.45, 2.75) is 52.9 Å². The number of oxime groups is 1. The molecule has 1 aliphatic carbocycles. The predicted molar refractivity (Wildman–Crippen MR) is 80.7 cm³/mol. The van der Waals surface area contributed by atoms with Gasteiger partial charge < -0.3 is 9.57 Å². The van der Waals surface area contributed by atoms with Crippen LogP contribution in [0.25, 0.3) is 0 Å². The minimum atomic E-state index is -0.439. The quantitative estimate of drug-likeness (QED) is 0.326. The van der Waals surface area contributed by atoms with Crippen molar-refractivity contribution in [3.63, 3.8) is 0 Å². The van der Waals surface area contributed by atoms with Gasteiger partial charge in [0.1, 0.15) is 0 Å². The molecule has 0 heterocycles. The molecule has 0 N–H and O–H groups in total. The number of esters is 1. The molecule has 0 aromatic carbocycles. The molecule has 0 radical (unpaired) electrons. The number of carbonyl (C=O) groups excluding carboxylic acids is 2. The minimum absolute atomic E-state index is 0.156. The first-order valence-corrected chi connectivity index (χ1v) is 7.50. The zero-order valence-electron chi connectivity index (χ0n) is 13.3. The Bertz CT molecular complexity index is 440. The molecule has 0 bridgehead atoms. The second kappa shape index (κ2) is 8.60. The van der Waals surface area contributed by atoms with Gasteiger partial charge in [0.05, 0.1) is 18.7 Å². The van der Waals surface area contributed by atoms with E-state index in [2.05, 4.69) is 12.1 Å². The zero-order chi connectivity index (χ0) is 15.8. The first-order valence-electron chi connectivity index (χ1n) is 7.50.